The van der Waals surface area contributed by atoms with Crippen molar-refractivity contribution >= 4 is 0 Å². The number of H-pyrrole nitrogens is 1. The summed E-state index contributed by atoms with van der Waals surface area (Å²) >= 11 is 0. The van der Waals surface area contributed by atoms with Crippen LogP contribution in [0.4, 0.5) is 0 Å². The Bertz CT molecular complexity index is 243. The summed E-state index contributed by atoms with van der Waals surface area (Å²) in [7, 11) is 0. The predicted octanol–water partition coefficient (Wildman–Crippen LogP) is 1.76. The van der Waals surface area contributed by atoms with E-state index in [1.807, 2.05) is 0 Å². The second-order valence-corrected chi connectivity index (χ2v) is 4.25. The highest BCUT2D eigenvalue weighted by Crippen LogP contribution is 2.05. The van der Waals surface area contributed by atoms with E-state index in [0.717, 1.165) is 25.2 Å². The third kappa shape index (κ3) is 4.42. The summed E-state index contributed by atoms with van der Waals surface area (Å²) in [5.74, 6) is 1.69. The van der Waals surface area contributed by atoms with Gasteiger partial charge < -0.3 is 5.32 Å². The van der Waals surface area contributed by atoms with Gasteiger partial charge in [-0.25, -0.2) is 4.98 Å². The van der Waals surface area contributed by atoms with Gasteiger partial charge in [0.05, 0.1) is 0 Å². The van der Waals surface area contributed by atoms with E-state index in [1.54, 1.807) is 6.33 Å². The van der Waals surface area contributed by atoms with Crippen molar-refractivity contribution in [2.75, 3.05) is 6.54 Å². The van der Waals surface area contributed by atoms with E-state index in [2.05, 4.69) is 41.3 Å². The van der Waals surface area contributed by atoms with E-state index in [9.17, 15) is 0 Å². The molecule has 2 N–H and O–H groups in total. The van der Waals surface area contributed by atoms with Gasteiger partial charge in [0.1, 0.15) is 12.2 Å². The Labute approximate surface area is 91.9 Å². The molecule has 15 heavy (non-hydrogen) atoms. The van der Waals surface area contributed by atoms with Gasteiger partial charge in [0, 0.05) is 12.5 Å². The second kappa shape index (κ2) is 6.56. The minimum Gasteiger partial charge on any atom is -0.314 e. The van der Waals surface area contributed by atoms with Crippen molar-refractivity contribution in [2.45, 2.75) is 46.1 Å². The average molecular weight is 210 g/mol. The smallest absolute Gasteiger partial charge is 0.137 e. The highest BCUT2D eigenvalue weighted by Gasteiger charge is 2.09. The molecule has 1 aromatic heterocycles. The molecule has 1 unspecified atom stereocenters. The SMILES string of the molecule is CCC(NCCCc1ncn[nH]1)C(C)C. The second-order valence-electron chi connectivity index (χ2n) is 4.25. The van der Waals surface area contributed by atoms with Crippen LogP contribution < -0.4 is 5.32 Å². The molecule has 1 heterocycles. The summed E-state index contributed by atoms with van der Waals surface area (Å²) in [6.07, 6.45) is 4.84. The molecule has 0 aliphatic heterocycles. The van der Waals surface area contributed by atoms with Crippen LogP contribution in [0.2, 0.25) is 0 Å². The molecular weight excluding hydrogens is 188 g/mol. The number of aromatic amines is 1. The van der Waals surface area contributed by atoms with Crippen molar-refractivity contribution in [2.24, 2.45) is 5.92 Å². The Kier molecular flexibility index (Phi) is 5.32. The number of hydrogen-bond acceptors (Lipinski definition) is 3. The fourth-order valence-electron chi connectivity index (χ4n) is 1.75. The lowest BCUT2D eigenvalue weighted by atomic mass is 10.0. The first kappa shape index (κ1) is 12.2. The molecule has 0 bridgehead atoms. The fraction of sp³-hybridized carbons (Fsp3) is 0.818. The van der Waals surface area contributed by atoms with Crippen LogP contribution in [0.25, 0.3) is 0 Å². The summed E-state index contributed by atoms with van der Waals surface area (Å²) < 4.78 is 0. The fourth-order valence-corrected chi connectivity index (χ4v) is 1.75. The summed E-state index contributed by atoms with van der Waals surface area (Å²) in [6.45, 7) is 7.81. The van der Waals surface area contributed by atoms with E-state index < -0.39 is 0 Å². The van der Waals surface area contributed by atoms with Crippen molar-refractivity contribution in [3.63, 3.8) is 0 Å². The number of aromatic nitrogens is 3. The third-order valence-electron chi connectivity index (χ3n) is 2.71. The standard InChI is InChI=1S/C11H22N4/c1-4-10(9(2)3)12-7-5-6-11-13-8-14-15-11/h8-10,12H,4-7H2,1-3H3,(H,13,14,15). The summed E-state index contributed by atoms with van der Waals surface area (Å²) in [5, 5.41) is 10.3. The van der Waals surface area contributed by atoms with Crippen LogP contribution in [0.1, 0.15) is 39.4 Å². The van der Waals surface area contributed by atoms with Crippen LogP contribution >= 0.6 is 0 Å². The van der Waals surface area contributed by atoms with Crippen LogP contribution in [0.15, 0.2) is 6.33 Å². The number of nitrogens with one attached hydrogen (secondary N) is 2. The van der Waals surface area contributed by atoms with E-state index in [-0.39, 0.29) is 0 Å². The lowest BCUT2D eigenvalue weighted by Crippen LogP contribution is -2.34. The summed E-state index contributed by atoms with van der Waals surface area (Å²) in [4.78, 5) is 4.09. The molecule has 1 aromatic rings. The normalized spacial score (nSPS) is 13.3. The highest BCUT2D eigenvalue weighted by atomic mass is 15.2. The Morgan fingerprint density at radius 2 is 2.27 bits per heavy atom. The molecule has 0 saturated carbocycles. The largest absolute Gasteiger partial charge is 0.314 e. The van der Waals surface area contributed by atoms with E-state index in [0.29, 0.717) is 12.0 Å². The van der Waals surface area contributed by atoms with Gasteiger partial charge in [0.25, 0.3) is 0 Å². The van der Waals surface area contributed by atoms with Crippen molar-refractivity contribution in [3.05, 3.63) is 12.2 Å². The molecule has 0 amide bonds. The van der Waals surface area contributed by atoms with Gasteiger partial charge >= 0.3 is 0 Å². The van der Waals surface area contributed by atoms with E-state index >= 15 is 0 Å². The van der Waals surface area contributed by atoms with Crippen molar-refractivity contribution in [1.29, 1.82) is 0 Å². The Morgan fingerprint density at radius 3 is 2.80 bits per heavy atom. The third-order valence-corrected chi connectivity index (χ3v) is 2.71. The summed E-state index contributed by atoms with van der Waals surface area (Å²) in [6, 6.07) is 0.639. The number of aryl methyl sites for hydroxylation is 1. The zero-order valence-corrected chi connectivity index (χ0v) is 9.95. The molecular formula is C11H22N4. The zero-order chi connectivity index (χ0) is 11.1. The van der Waals surface area contributed by atoms with Crippen molar-refractivity contribution in [1.82, 2.24) is 20.5 Å². The van der Waals surface area contributed by atoms with Gasteiger partial charge in [-0.3, -0.25) is 5.10 Å². The average Bonchev–Trinajstić information content (AvgIpc) is 2.70. The molecule has 4 heteroatoms. The van der Waals surface area contributed by atoms with Crippen LogP contribution in [-0.2, 0) is 6.42 Å². The predicted molar refractivity (Wildman–Crippen MR) is 61.6 cm³/mol. The van der Waals surface area contributed by atoms with Gasteiger partial charge in [-0.15, -0.1) is 0 Å². The van der Waals surface area contributed by atoms with E-state index in [4.69, 9.17) is 0 Å². The summed E-state index contributed by atoms with van der Waals surface area (Å²) in [5.41, 5.74) is 0. The first-order valence-corrected chi connectivity index (χ1v) is 5.81. The van der Waals surface area contributed by atoms with Gasteiger partial charge in [0.2, 0.25) is 0 Å². The Morgan fingerprint density at radius 1 is 1.47 bits per heavy atom. The number of rotatable bonds is 7. The first-order valence-electron chi connectivity index (χ1n) is 5.81. The lowest BCUT2D eigenvalue weighted by molar-refractivity contribution is 0.386. The van der Waals surface area contributed by atoms with Gasteiger partial charge in [-0.2, -0.15) is 5.10 Å². The highest BCUT2D eigenvalue weighted by molar-refractivity contribution is 4.80. The Hall–Kier alpha value is -0.900. The molecule has 0 radical (unpaired) electrons. The van der Waals surface area contributed by atoms with Crippen LogP contribution in [0.3, 0.4) is 0 Å². The maximum atomic E-state index is 4.09. The van der Waals surface area contributed by atoms with Crippen LogP contribution in [0, 0.1) is 5.92 Å². The number of nitrogens with zero attached hydrogens (tertiary/aromatic N) is 2. The molecule has 0 aliphatic carbocycles. The molecule has 0 fully saturated rings. The van der Waals surface area contributed by atoms with Crippen LogP contribution in [0.5, 0.6) is 0 Å². The molecule has 86 valence electrons. The first-order chi connectivity index (χ1) is 7.24. The molecule has 1 rings (SSSR count). The topological polar surface area (TPSA) is 53.6 Å². The van der Waals surface area contributed by atoms with Crippen molar-refractivity contribution in [3.8, 4) is 0 Å². The van der Waals surface area contributed by atoms with Gasteiger partial charge in [-0.1, -0.05) is 20.8 Å². The lowest BCUT2D eigenvalue weighted by Gasteiger charge is -2.20. The zero-order valence-electron chi connectivity index (χ0n) is 9.95. The molecule has 4 nitrogen and oxygen atoms in total. The number of hydrogen-bond donors (Lipinski definition) is 2. The minimum absolute atomic E-state index is 0.639. The Balaban J connectivity index is 2.10. The quantitative estimate of drug-likeness (QED) is 0.674. The minimum atomic E-state index is 0.639. The molecule has 0 saturated heterocycles. The monoisotopic (exact) mass is 210 g/mol. The van der Waals surface area contributed by atoms with Gasteiger partial charge in [0.15, 0.2) is 0 Å². The van der Waals surface area contributed by atoms with Crippen LogP contribution in [-0.4, -0.2) is 27.8 Å². The molecule has 0 aromatic carbocycles. The maximum absolute atomic E-state index is 4.09. The van der Waals surface area contributed by atoms with E-state index in [1.165, 1.54) is 6.42 Å². The molecule has 0 aliphatic rings. The van der Waals surface area contributed by atoms with Crippen molar-refractivity contribution < 1.29 is 0 Å². The van der Waals surface area contributed by atoms with Gasteiger partial charge in [-0.05, 0) is 25.3 Å². The maximum Gasteiger partial charge on any atom is 0.137 e. The molecule has 0 spiro atoms. The molecule has 1 atom stereocenters.